The third-order valence-corrected chi connectivity index (χ3v) is 28.7. The van der Waals surface area contributed by atoms with Gasteiger partial charge in [0, 0.05) is 11.1 Å². The van der Waals surface area contributed by atoms with Crippen LogP contribution in [0.3, 0.4) is 0 Å². The third-order valence-electron chi connectivity index (χ3n) is 6.59. The molecule has 0 radical (unpaired) electrons. The zero-order valence-corrected chi connectivity index (χ0v) is 32.1. The molecule has 6 nitrogen and oxygen atoms in total. The van der Waals surface area contributed by atoms with Crippen LogP contribution in [0, 0.1) is 0 Å². The molecule has 0 N–H and O–H groups in total. The lowest BCUT2D eigenvalue weighted by Gasteiger charge is -2.48. The van der Waals surface area contributed by atoms with E-state index in [0.717, 1.165) is 25.7 Å². The van der Waals surface area contributed by atoms with Gasteiger partial charge >= 0.3 is 26.2 Å². The fourth-order valence-electron chi connectivity index (χ4n) is 5.64. The zero-order chi connectivity index (χ0) is 26.3. The predicted octanol–water partition coefficient (Wildman–Crippen LogP) is 6.27. The normalized spacial score (nSPS) is 20.1. The molecule has 208 valence electrons. The van der Waals surface area contributed by atoms with Crippen molar-refractivity contribution in [2.24, 2.45) is 0 Å². The summed E-state index contributed by atoms with van der Waals surface area (Å²) in [6.45, 7) is 22.5. The molecule has 2 aliphatic rings. The van der Waals surface area contributed by atoms with Gasteiger partial charge in [-0.1, -0.05) is 38.5 Å². The van der Waals surface area contributed by atoms with Crippen LogP contribution < -0.4 is 0 Å². The minimum absolute atomic E-state index is 0.406. The van der Waals surface area contributed by atoms with Gasteiger partial charge in [0.2, 0.25) is 0 Å². The molecule has 0 aromatic carbocycles. The maximum absolute atomic E-state index is 7.28. The molecule has 0 heterocycles. The van der Waals surface area contributed by atoms with Crippen LogP contribution >= 0.6 is 0 Å². The van der Waals surface area contributed by atoms with E-state index in [1.165, 1.54) is 38.5 Å². The van der Waals surface area contributed by atoms with E-state index >= 15 is 0 Å². The SMILES string of the molecule is C[SiH](C)O[Si](O[SiH](C)C)(O[Si](C)(C)O[Si](O[SiH](C)C)(O[SiH](C)C)C1CCCCC1)C1CCCCC1. The fourth-order valence-corrected chi connectivity index (χ4v) is 32.8. The van der Waals surface area contributed by atoms with Crippen molar-refractivity contribution in [3.63, 3.8) is 0 Å². The minimum atomic E-state index is -2.89. The lowest BCUT2D eigenvalue weighted by molar-refractivity contribution is 0.172. The van der Waals surface area contributed by atoms with Crippen molar-refractivity contribution in [1.82, 2.24) is 0 Å². The van der Waals surface area contributed by atoms with Crippen LogP contribution in [0.1, 0.15) is 64.2 Å². The second-order valence-corrected chi connectivity index (χ2v) is 32.8. The topological polar surface area (TPSA) is 55.4 Å². The Kier molecular flexibility index (Phi) is 13.6. The second-order valence-electron chi connectivity index (χ2n) is 12.1. The smallest absolute Gasteiger partial charge is 0.420 e. The van der Waals surface area contributed by atoms with E-state index in [4.69, 9.17) is 24.7 Å². The van der Waals surface area contributed by atoms with Crippen LogP contribution in [0.15, 0.2) is 0 Å². The Balaban J connectivity index is 2.45. The summed E-state index contributed by atoms with van der Waals surface area (Å²) in [4.78, 5) is 0. The van der Waals surface area contributed by atoms with Gasteiger partial charge in [0.05, 0.1) is 0 Å². The van der Waals surface area contributed by atoms with Crippen molar-refractivity contribution in [3.05, 3.63) is 0 Å². The first-order valence-electron chi connectivity index (χ1n) is 14.4. The van der Waals surface area contributed by atoms with Crippen LogP contribution in [-0.2, 0) is 24.7 Å². The predicted molar refractivity (Wildman–Crippen MR) is 165 cm³/mol. The maximum Gasteiger partial charge on any atom is 0.473 e. The molecular formula is C22H56O6Si7. The van der Waals surface area contributed by atoms with E-state index in [1.807, 2.05) is 0 Å². The quantitative estimate of drug-likeness (QED) is 0.216. The standard InChI is InChI=1S/C22H56O6Si7/c1-29(2)23-34(24-30(3)4,21-17-13-11-14-18-21)27-33(9,10)28-35(25-31(5)6,26-32(7)8)22-19-15-12-16-20-22/h21-22,29-32H,11-20H2,1-10H3. The molecule has 0 saturated heterocycles. The van der Waals surface area contributed by atoms with Crippen LogP contribution in [0.4, 0.5) is 0 Å². The highest BCUT2D eigenvalue weighted by atomic mass is 28.5. The lowest BCUT2D eigenvalue weighted by Crippen LogP contribution is -2.66. The average molecular weight is 613 g/mol. The molecular weight excluding hydrogens is 557 g/mol. The van der Waals surface area contributed by atoms with Gasteiger partial charge in [0.15, 0.2) is 36.2 Å². The Morgan fingerprint density at radius 2 is 0.714 bits per heavy atom. The van der Waals surface area contributed by atoms with Crippen molar-refractivity contribution >= 4 is 62.3 Å². The summed E-state index contributed by atoms with van der Waals surface area (Å²) < 4.78 is 42.2. The van der Waals surface area contributed by atoms with Crippen LogP contribution in [-0.4, -0.2) is 62.3 Å². The highest BCUT2D eigenvalue weighted by Gasteiger charge is 2.59. The van der Waals surface area contributed by atoms with Gasteiger partial charge in [-0.15, -0.1) is 0 Å². The molecule has 0 atom stereocenters. The van der Waals surface area contributed by atoms with Gasteiger partial charge in [0.1, 0.15) is 0 Å². The van der Waals surface area contributed by atoms with E-state index < -0.39 is 62.3 Å². The van der Waals surface area contributed by atoms with E-state index in [0.29, 0.717) is 11.1 Å². The van der Waals surface area contributed by atoms with E-state index in [1.54, 1.807) is 0 Å². The molecule has 0 amide bonds. The van der Waals surface area contributed by atoms with Gasteiger partial charge < -0.3 is 24.7 Å². The fraction of sp³-hybridized carbons (Fsp3) is 1.00. The Bertz CT molecular complexity index is 541. The Labute approximate surface area is 227 Å². The first-order valence-corrected chi connectivity index (χ1v) is 31.9. The number of hydrogen-bond acceptors (Lipinski definition) is 6. The van der Waals surface area contributed by atoms with Crippen LogP contribution in [0.2, 0.25) is 76.6 Å². The van der Waals surface area contributed by atoms with Crippen molar-refractivity contribution in [2.75, 3.05) is 0 Å². The van der Waals surface area contributed by atoms with Gasteiger partial charge in [-0.05, 0) is 91.2 Å². The minimum Gasteiger partial charge on any atom is -0.420 e. The van der Waals surface area contributed by atoms with Gasteiger partial charge in [-0.2, -0.15) is 0 Å². The largest absolute Gasteiger partial charge is 0.473 e. The molecule has 2 rings (SSSR count). The van der Waals surface area contributed by atoms with Crippen molar-refractivity contribution in [1.29, 1.82) is 0 Å². The maximum atomic E-state index is 7.28. The summed E-state index contributed by atoms with van der Waals surface area (Å²) in [7, 11) is -14.0. The number of hydrogen-bond donors (Lipinski definition) is 0. The first-order chi connectivity index (χ1) is 16.3. The van der Waals surface area contributed by atoms with Gasteiger partial charge in [-0.3, -0.25) is 0 Å². The van der Waals surface area contributed by atoms with Crippen molar-refractivity contribution in [3.8, 4) is 0 Å². The van der Waals surface area contributed by atoms with Crippen molar-refractivity contribution < 1.29 is 24.7 Å². The summed E-state index contributed by atoms with van der Waals surface area (Å²) in [5.74, 6) is 0. The van der Waals surface area contributed by atoms with Crippen LogP contribution in [0.5, 0.6) is 0 Å². The average Bonchev–Trinajstić information content (AvgIpc) is 2.72. The molecule has 0 aromatic rings. The van der Waals surface area contributed by atoms with E-state index in [-0.39, 0.29) is 0 Å². The molecule has 13 heteroatoms. The third kappa shape index (κ3) is 10.4. The highest BCUT2D eigenvalue weighted by molar-refractivity contribution is 6.89. The lowest BCUT2D eigenvalue weighted by atomic mass is 10.0. The van der Waals surface area contributed by atoms with E-state index in [2.05, 4.69) is 65.5 Å². The monoisotopic (exact) mass is 612 g/mol. The zero-order valence-electron chi connectivity index (χ0n) is 24.5. The summed E-state index contributed by atoms with van der Waals surface area (Å²) >= 11 is 0. The van der Waals surface area contributed by atoms with E-state index in [9.17, 15) is 0 Å². The molecule has 2 fully saturated rings. The van der Waals surface area contributed by atoms with Gasteiger partial charge in [0.25, 0.3) is 0 Å². The molecule has 0 bridgehead atoms. The Morgan fingerprint density at radius 3 is 0.943 bits per heavy atom. The second kappa shape index (κ2) is 14.6. The molecule has 0 aromatic heterocycles. The Hall–Kier alpha value is 1.28. The molecule has 0 unspecified atom stereocenters. The molecule has 35 heavy (non-hydrogen) atoms. The summed E-state index contributed by atoms with van der Waals surface area (Å²) in [5.41, 5.74) is 0.811. The molecule has 2 aliphatic carbocycles. The molecule has 2 saturated carbocycles. The van der Waals surface area contributed by atoms with Crippen molar-refractivity contribution in [2.45, 2.75) is 141 Å². The Morgan fingerprint density at radius 1 is 0.457 bits per heavy atom. The summed E-state index contributed by atoms with van der Waals surface area (Å²) in [5, 5.41) is 0. The first kappa shape index (κ1) is 32.5. The molecule has 0 spiro atoms. The summed E-state index contributed by atoms with van der Waals surface area (Å²) in [6.07, 6.45) is 12.3. The summed E-state index contributed by atoms with van der Waals surface area (Å²) in [6, 6.07) is 0. The van der Waals surface area contributed by atoms with Crippen LogP contribution in [0.25, 0.3) is 0 Å². The highest BCUT2D eigenvalue weighted by Crippen LogP contribution is 2.44. The molecule has 0 aliphatic heterocycles. The number of rotatable bonds is 14. The van der Waals surface area contributed by atoms with Gasteiger partial charge in [-0.25, -0.2) is 0 Å².